The van der Waals surface area contributed by atoms with Crippen molar-refractivity contribution < 1.29 is 53.5 Å². The molecule has 2 aliphatic heterocycles. The Bertz CT molecular complexity index is 3310. The number of halogens is 5. The molecule has 0 radical (unpaired) electrons. The molecule has 2 aromatic carbocycles. The van der Waals surface area contributed by atoms with Crippen LogP contribution >= 0.6 is 22.6 Å². The number of anilines is 2. The maximum absolute atomic E-state index is 15.5. The number of sulfone groups is 2. The van der Waals surface area contributed by atoms with Crippen molar-refractivity contribution in [3.05, 3.63) is 105 Å². The summed E-state index contributed by atoms with van der Waals surface area (Å²) in [5, 5.41) is 0. The maximum atomic E-state index is 15.5. The highest BCUT2D eigenvalue weighted by molar-refractivity contribution is 14.1. The molecule has 2 saturated heterocycles. The summed E-state index contributed by atoms with van der Waals surface area (Å²) in [6.07, 6.45) is 3.26. The molecule has 75 heavy (non-hydrogen) atoms. The molecule has 16 nitrogen and oxygen atoms in total. The second-order valence-electron chi connectivity index (χ2n) is 20.5. The van der Waals surface area contributed by atoms with E-state index in [1.54, 1.807) is 60.2 Å². The molecule has 2 amide bonds. The van der Waals surface area contributed by atoms with Gasteiger partial charge in [-0.25, -0.2) is 54.0 Å². The molecule has 0 spiro atoms. The van der Waals surface area contributed by atoms with Gasteiger partial charge in [0.15, 0.2) is 31.3 Å². The fourth-order valence-electron chi connectivity index (χ4n) is 8.76. The highest BCUT2D eigenvalue weighted by Gasteiger charge is 2.30. The van der Waals surface area contributed by atoms with Gasteiger partial charge in [0.1, 0.15) is 51.4 Å². The van der Waals surface area contributed by atoms with Crippen LogP contribution in [0.25, 0.3) is 33.4 Å². The number of hydrogen-bond donors (Lipinski definition) is 0. The van der Waals surface area contributed by atoms with Crippen molar-refractivity contribution in [2.75, 3.05) is 73.7 Å². The van der Waals surface area contributed by atoms with Crippen LogP contribution in [0.5, 0.6) is 0 Å². The number of carbonyl (C=O) groups excluding carboxylic acids is 2. The Balaban J connectivity index is 0.000000219. The normalized spacial score (nSPS) is 14.8. The lowest BCUT2D eigenvalue weighted by Crippen LogP contribution is -2.50. The second-order valence-corrected chi connectivity index (χ2v) is 26.0. The Morgan fingerprint density at radius 1 is 0.587 bits per heavy atom. The third kappa shape index (κ3) is 13.8. The number of carbonyl (C=O) groups is 2. The number of fused-ring (bicyclic) bond motifs is 2. The fourth-order valence-corrected chi connectivity index (χ4v) is 12.4. The largest absolute Gasteiger partial charge is 0.444 e. The third-order valence-corrected chi connectivity index (χ3v) is 16.5. The van der Waals surface area contributed by atoms with Crippen LogP contribution in [0.3, 0.4) is 0 Å². The van der Waals surface area contributed by atoms with E-state index in [1.807, 2.05) is 51.3 Å². The number of rotatable bonds is 12. The standard InChI is InChI=1S/C26H31F2IN4O4S.C26H32F2N4O4S/c1-5-14-38(35,36)16-17-6-7-18(27)24(22(17)28)33-15-19(29)23-20(33)8-9-21(30-23)31-10-12-32(13-11-31)25(34)37-26(2,3)4;1-5-16-37(34,35)17-18-6-7-19(27)24(23(18)28)32-11-10-20-21(32)8-9-22(29-20)30-12-14-31(15-13-30)25(33)36-26(2,3)4/h6-9,15H,5,10-14,16H2,1-4H3;6-11H,5,12-17H2,1-4H3. The minimum Gasteiger partial charge on any atom is -0.444 e. The summed E-state index contributed by atoms with van der Waals surface area (Å²) in [6, 6.07) is 13.3. The zero-order valence-electron chi connectivity index (χ0n) is 43.3. The van der Waals surface area contributed by atoms with Gasteiger partial charge in [0.25, 0.3) is 0 Å². The minimum atomic E-state index is -3.52. The van der Waals surface area contributed by atoms with Gasteiger partial charge in [0.05, 0.1) is 43.1 Å². The topological polar surface area (TPSA) is 169 Å². The average Bonchev–Trinajstić information content (AvgIpc) is 3.89. The monoisotopic (exact) mass is 1190 g/mol. The molecule has 6 heterocycles. The predicted octanol–water partition coefficient (Wildman–Crippen LogP) is 9.98. The number of amides is 2. The van der Waals surface area contributed by atoms with Gasteiger partial charge in [-0.1, -0.05) is 26.0 Å². The SMILES string of the molecule is CCCS(=O)(=O)Cc1ccc(F)c(-n2cc(I)c3nc(N4CCN(C(=O)OC(C)(C)C)CC4)ccc32)c1F.CCCS(=O)(=O)Cc1ccc(F)c(-n2ccc3nc(N4CCN(C(=O)OC(C)(C)C)CC4)ccc32)c1F. The lowest BCUT2D eigenvalue weighted by atomic mass is 10.2. The first kappa shape index (κ1) is 57.0. The molecule has 0 unspecified atom stereocenters. The molecule has 8 rings (SSSR count). The summed E-state index contributed by atoms with van der Waals surface area (Å²) in [5.74, 6) is -3.13. The highest BCUT2D eigenvalue weighted by Crippen LogP contribution is 2.33. The first-order chi connectivity index (χ1) is 35.2. The molecule has 2 fully saturated rings. The molecule has 6 aromatic rings. The molecule has 0 aliphatic carbocycles. The average molecular weight is 1200 g/mol. The van der Waals surface area contributed by atoms with Gasteiger partial charge in [-0.15, -0.1) is 0 Å². The molecule has 0 atom stereocenters. The van der Waals surface area contributed by atoms with Crippen molar-refractivity contribution in [2.24, 2.45) is 0 Å². The first-order valence-corrected chi connectivity index (χ1v) is 29.4. The van der Waals surface area contributed by atoms with E-state index < -0.39 is 65.7 Å². The summed E-state index contributed by atoms with van der Waals surface area (Å²) in [6.45, 7) is 18.6. The summed E-state index contributed by atoms with van der Waals surface area (Å²) < 4.78 is 124. The Hall–Kier alpha value is -5.69. The van der Waals surface area contributed by atoms with Crippen LogP contribution < -0.4 is 9.80 Å². The van der Waals surface area contributed by atoms with Gasteiger partial charge in [0.2, 0.25) is 0 Å². The third-order valence-electron chi connectivity index (χ3n) is 12.2. The van der Waals surface area contributed by atoms with Crippen LogP contribution in [-0.4, -0.2) is 133 Å². The summed E-state index contributed by atoms with van der Waals surface area (Å²) in [5.41, 5.74) is 0.165. The molecule has 4 aromatic heterocycles. The second kappa shape index (κ2) is 22.9. The molecular formula is C52H63F4IN8O8S2. The maximum Gasteiger partial charge on any atom is 0.410 e. The van der Waals surface area contributed by atoms with Crippen molar-refractivity contribution in [2.45, 2.75) is 90.9 Å². The summed E-state index contributed by atoms with van der Waals surface area (Å²) in [7, 11) is -7.02. The van der Waals surface area contributed by atoms with Crippen molar-refractivity contribution in [3.63, 3.8) is 0 Å². The van der Waals surface area contributed by atoms with Crippen LogP contribution in [0.1, 0.15) is 79.4 Å². The zero-order chi connectivity index (χ0) is 54.8. The molecule has 0 saturated carbocycles. The molecule has 406 valence electrons. The molecule has 2 aliphatic rings. The molecular weight excluding hydrogens is 1130 g/mol. The number of piperazine rings is 2. The van der Waals surface area contributed by atoms with E-state index in [9.17, 15) is 35.2 Å². The highest BCUT2D eigenvalue weighted by atomic mass is 127. The fraction of sp³-hybridized carbons (Fsp3) is 0.462. The predicted molar refractivity (Wildman–Crippen MR) is 290 cm³/mol. The number of ether oxygens (including phenoxy) is 2. The van der Waals surface area contributed by atoms with Crippen molar-refractivity contribution >= 4 is 88.2 Å². The van der Waals surface area contributed by atoms with Crippen LogP contribution in [0, 0.1) is 26.8 Å². The van der Waals surface area contributed by atoms with Crippen LogP contribution in [0.2, 0.25) is 0 Å². The minimum absolute atomic E-state index is 0.0651. The van der Waals surface area contributed by atoms with Gasteiger partial charge in [-0.3, -0.25) is 0 Å². The lowest BCUT2D eigenvalue weighted by molar-refractivity contribution is 0.0230. The van der Waals surface area contributed by atoms with Gasteiger partial charge < -0.3 is 38.2 Å². The Labute approximate surface area is 448 Å². The number of hydrogen-bond acceptors (Lipinski definition) is 12. The van der Waals surface area contributed by atoms with Crippen LogP contribution in [0.4, 0.5) is 38.8 Å². The number of benzene rings is 2. The van der Waals surface area contributed by atoms with Crippen molar-refractivity contribution in [3.8, 4) is 11.4 Å². The van der Waals surface area contributed by atoms with Crippen molar-refractivity contribution in [1.82, 2.24) is 28.9 Å². The zero-order valence-corrected chi connectivity index (χ0v) is 47.1. The van der Waals surface area contributed by atoms with Crippen LogP contribution in [-0.2, 0) is 40.7 Å². The van der Waals surface area contributed by atoms with Gasteiger partial charge in [0, 0.05) is 75.9 Å². The van der Waals surface area contributed by atoms with E-state index in [1.165, 1.54) is 27.5 Å². The van der Waals surface area contributed by atoms with E-state index in [4.69, 9.17) is 14.5 Å². The molecule has 0 N–H and O–H groups in total. The quantitative estimate of drug-likeness (QED) is 0.0841. The molecule has 0 bridgehead atoms. The van der Waals surface area contributed by atoms with E-state index in [-0.39, 0.29) is 46.2 Å². The first-order valence-electron chi connectivity index (χ1n) is 24.6. The number of pyridine rings is 2. The van der Waals surface area contributed by atoms with Crippen LogP contribution in [0.15, 0.2) is 67.0 Å². The van der Waals surface area contributed by atoms with Gasteiger partial charge in [-0.2, -0.15) is 0 Å². The Morgan fingerprint density at radius 2 is 1.01 bits per heavy atom. The van der Waals surface area contributed by atoms with E-state index in [0.29, 0.717) is 102 Å². The number of nitrogens with zero attached hydrogens (tertiary/aromatic N) is 8. The summed E-state index contributed by atoms with van der Waals surface area (Å²) in [4.78, 5) is 41.6. The smallest absolute Gasteiger partial charge is 0.410 e. The molecule has 23 heteroatoms. The van der Waals surface area contributed by atoms with E-state index >= 15 is 8.78 Å². The number of aromatic nitrogens is 4. The Morgan fingerprint density at radius 3 is 1.45 bits per heavy atom. The van der Waals surface area contributed by atoms with E-state index in [0.717, 1.165) is 12.1 Å². The van der Waals surface area contributed by atoms with Gasteiger partial charge in [-0.05, 0) is 119 Å². The van der Waals surface area contributed by atoms with E-state index in [2.05, 4.69) is 27.6 Å². The summed E-state index contributed by atoms with van der Waals surface area (Å²) >= 11 is 2.07. The van der Waals surface area contributed by atoms with Crippen molar-refractivity contribution in [1.29, 1.82) is 0 Å². The van der Waals surface area contributed by atoms with Gasteiger partial charge >= 0.3 is 12.2 Å². The lowest BCUT2D eigenvalue weighted by Gasteiger charge is -2.36. The Kier molecular flexibility index (Phi) is 17.4.